The van der Waals surface area contributed by atoms with Crippen molar-refractivity contribution < 1.29 is 9.84 Å². The molecule has 1 unspecified atom stereocenters. The average molecular weight is 289 g/mol. The molecule has 4 nitrogen and oxygen atoms in total. The van der Waals surface area contributed by atoms with E-state index < -0.39 is 6.10 Å². The molecular formula is C11H17BrN2O2. The maximum absolute atomic E-state index is 10.4. The molecule has 5 heteroatoms. The van der Waals surface area contributed by atoms with Crippen molar-refractivity contribution in [2.75, 3.05) is 13.2 Å². The van der Waals surface area contributed by atoms with Crippen LogP contribution in [0.15, 0.2) is 10.7 Å². The predicted molar refractivity (Wildman–Crippen MR) is 64.1 cm³/mol. The van der Waals surface area contributed by atoms with Crippen LogP contribution in [0.1, 0.15) is 31.6 Å². The largest absolute Gasteiger partial charge is 0.386 e. The van der Waals surface area contributed by atoms with E-state index in [4.69, 9.17) is 4.74 Å². The number of aliphatic hydroxyl groups excluding tert-OH is 1. The fourth-order valence-corrected chi connectivity index (χ4v) is 2.70. The van der Waals surface area contributed by atoms with Gasteiger partial charge in [-0.3, -0.25) is 4.68 Å². The first-order chi connectivity index (χ1) is 7.74. The fraction of sp³-hybridized carbons (Fsp3) is 0.727. The first-order valence-corrected chi connectivity index (χ1v) is 6.50. The third-order valence-electron chi connectivity index (χ3n) is 3.13. The fourth-order valence-electron chi connectivity index (χ4n) is 2.17. The van der Waals surface area contributed by atoms with E-state index in [0.29, 0.717) is 0 Å². The van der Waals surface area contributed by atoms with Crippen molar-refractivity contribution >= 4 is 15.9 Å². The van der Waals surface area contributed by atoms with Crippen LogP contribution in [0, 0.1) is 5.92 Å². The van der Waals surface area contributed by atoms with Crippen LogP contribution in [0.3, 0.4) is 0 Å². The van der Waals surface area contributed by atoms with Crippen LogP contribution < -0.4 is 0 Å². The summed E-state index contributed by atoms with van der Waals surface area (Å²) in [6, 6.07) is 0. The van der Waals surface area contributed by atoms with E-state index in [-0.39, 0.29) is 5.92 Å². The number of aryl methyl sites for hydroxylation is 1. The minimum absolute atomic E-state index is 0.284. The van der Waals surface area contributed by atoms with E-state index in [0.717, 1.165) is 42.8 Å². The van der Waals surface area contributed by atoms with Gasteiger partial charge < -0.3 is 9.84 Å². The summed E-state index contributed by atoms with van der Waals surface area (Å²) < 4.78 is 8.06. The summed E-state index contributed by atoms with van der Waals surface area (Å²) in [6.45, 7) is 4.31. The monoisotopic (exact) mass is 288 g/mol. The van der Waals surface area contributed by atoms with Crippen molar-refractivity contribution in [3.8, 4) is 0 Å². The molecule has 0 amide bonds. The quantitative estimate of drug-likeness (QED) is 0.927. The van der Waals surface area contributed by atoms with Gasteiger partial charge in [-0.2, -0.15) is 5.10 Å². The molecular weight excluding hydrogens is 272 g/mol. The van der Waals surface area contributed by atoms with Crippen LogP contribution >= 0.6 is 15.9 Å². The number of halogens is 1. The van der Waals surface area contributed by atoms with Gasteiger partial charge in [0.1, 0.15) is 0 Å². The van der Waals surface area contributed by atoms with Crippen molar-refractivity contribution in [1.82, 2.24) is 9.78 Å². The van der Waals surface area contributed by atoms with E-state index in [2.05, 4.69) is 21.0 Å². The zero-order valence-electron chi connectivity index (χ0n) is 9.40. The Morgan fingerprint density at radius 1 is 1.62 bits per heavy atom. The lowest BCUT2D eigenvalue weighted by molar-refractivity contribution is 0.00359. The lowest BCUT2D eigenvalue weighted by Crippen LogP contribution is -2.24. The Bertz CT molecular complexity index is 348. The van der Waals surface area contributed by atoms with E-state index in [1.807, 2.05) is 11.6 Å². The van der Waals surface area contributed by atoms with Crippen molar-refractivity contribution in [3.05, 3.63) is 16.4 Å². The van der Waals surface area contributed by atoms with Gasteiger partial charge in [-0.25, -0.2) is 0 Å². The Labute approximate surface area is 104 Å². The van der Waals surface area contributed by atoms with E-state index in [1.54, 1.807) is 6.20 Å². The maximum atomic E-state index is 10.4. The molecule has 0 saturated carbocycles. The van der Waals surface area contributed by atoms with E-state index in [1.165, 1.54) is 0 Å². The summed E-state index contributed by atoms with van der Waals surface area (Å²) in [5, 5.41) is 14.6. The minimum Gasteiger partial charge on any atom is -0.386 e. The molecule has 0 spiro atoms. The molecule has 0 bridgehead atoms. The standard InChI is InChI=1S/C11H17BrN2O2/c1-2-14-10(9(12)7-13-14)11(15)8-3-5-16-6-4-8/h7-8,11,15H,2-6H2,1H3. The molecule has 2 heterocycles. The van der Waals surface area contributed by atoms with Crippen molar-refractivity contribution in [2.45, 2.75) is 32.4 Å². The van der Waals surface area contributed by atoms with Gasteiger partial charge >= 0.3 is 0 Å². The first kappa shape index (κ1) is 12.1. The Morgan fingerprint density at radius 2 is 2.31 bits per heavy atom. The highest BCUT2D eigenvalue weighted by atomic mass is 79.9. The molecule has 1 N–H and O–H groups in total. The molecule has 1 aromatic heterocycles. The van der Waals surface area contributed by atoms with Crippen LogP contribution in [-0.4, -0.2) is 28.1 Å². The van der Waals surface area contributed by atoms with Gasteiger partial charge in [0.2, 0.25) is 0 Å². The normalized spacial score (nSPS) is 19.9. The number of hydrogen-bond acceptors (Lipinski definition) is 3. The average Bonchev–Trinajstić information content (AvgIpc) is 2.70. The molecule has 1 fully saturated rings. The summed E-state index contributed by atoms with van der Waals surface area (Å²) in [5.41, 5.74) is 0.898. The Kier molecular flexibility index (Phi) is 4.00. The highest BCUT2D eigenvalue weighted by molar-refractivity contribution is 9.10. The number of hydrogen-bond donors (Lipinski definition) is 1. The Hall–Kier alpha value is -0.390. The summed E-state index contributed by atoms with van der Waals surface area (Å²) >= 11 is 3.45. The molecule has 0 aromatic carbocycles. The third-order valence-corrected chi connectivity index (χ3v) is 3.74. The molecule has 2 rings (SSSR count). The highest BCUT2D eigenvalue weighted by Gasteiger charge is 2.27. The maximum Gasteiger partial charge on any atom is 0.0997 e. The number of aromatic nitrogens is 2. The van der Waals surface area contributed by atoms with Gasteiger partial charge in [0, 0.05) is 19.8 Å². The van der Waals surface area contributed by atoms with E-state index >= 15 is 0 Å². The molecule has 16 heavy (non-hydrogen) atoms. The Balaban J connectivity index is 2.18. The smallest absolute Gasteiger partial charge is 0.0997 e. The van der Waals surface area contributed by atoms with Gasteiger partial charge in [0.15, 0.2) is 0 Å². The SMILES string of the molecule is CCn1ncc(Br)c1C(O)C1CCOCC1. The topological polar surface area (TPSA) is 47.3 Å². The third kappa shape index (κ3) is 2.31. The minimum atomic E-state index is -0.444. The Morgan fingerprint density at radius 3 is 2.94 bits per heavy atom. The second-order valence-electron chi connectivity index (χ2n) is 4.09. The van der Waals surface area contributed by atoms with Gasteiger partial charge in [0.25, 0.3) is 0 Å². The van der Waals surface area contributed by atoms with E-state index in [9.17, 15) is 5.11 Å². The van der Waals surface area contributed by atoms with Gasteiger partial charge in [-0.05, 0) is 41.6 Å². The number of rotatable bonds is 3. The predicted octanol–water partition coefficient (Wildman–Crippen LogP) is 2.13. The molecule has 1 aliphatic heterocycles. The number of aliphatic hydroxyl groups is 1. The first-order valence-electron chi connectivity index (χ1n) is 5.71. The lowest BCUT2D eigenvalue weighted by atomic mass is 9.92. The van der Waals surface area contributed by atoms with Crippen LogP contribution in [0.5, 0.6) is 0 Å². The summed E-state index contributed by atoms with van der Waals surface area (Å²) in [7, 11) is 0. The van der Waals surface area contributed by atoms with Crippen LogP contribution in [0.25, 0.3) is 0 Å². The molecule has 90 valence electrons. The summed E-state index contributed by atoms with van der Waals surface area (Å²) in [4.78, 5) is 0. The zero-order valence-corrected chi connectivity index (χ0v) is 11.0. The molecule has 1 aromatic rings. The highest BCUT2D eigenvalue weighted by Crippen LogP contribution is 2.33. The van der Waals surface area contributed by atoms with Gasteiger partial charge in [-0.15, -0.1) is 0 Å². The molecule has 1 atom stereocenters. The summed E-state index contributed by atoms with van der Waals surface area (Å²) in [5.74, 6) is 0.284. The molecule has 1 saturated heterocycles. The van der Waals surface area contributed by atoms with Gasteiger partial charge in [-0.1, -0.05) is 0 Å². The van der Waals surface area contributed by atoms with Gasteiger partial charge in [0.05, 0.1) is 22.5 Å². The van der Waals surface area contributed by atoms with Crippen LogP contribution in [0.4, 0.5) is 0 Å². The molecule has 0 radical (unpaired) electrons. The molecule has 0 aliphatic carbocycles. The lowest BCUT2D eigenvalue weighted by Gasteiger charge is -2.27. The second kappa shape index (κ2) is 5.29. The van der Waals surface area contributed by atoms with Crippen LogP contribution in [0.2, 0.25) is 0 Å². The second-order valence-corrected chi connectivity index (χ2v) is 4.94. The van der Waals surface area contributed by atoms with Crippen molar-refractivity contribution in [2.24, 2.45) is 5.92 Å². The molecule has 1 aliphatic rings. The zero-order chi connectivity index (χ0) is 11.5. The van der Waals surface area contributed by atoms with Crippen LogP contribution in [-0.2, 0) is 11.3 Å². The number of ether oxygens (including phenoxy) is 1. The number of nitrogens with zero attached hydrogens (tertiary/aromatic N) is 2. The van der Waals surface area contributed by atoms with Crippen molar-refractivity contribution in [1.29, 1.82) is 0 Å². The van der Waals surface area contributed by atoms with Crippen molar-refractivity contribution in [3.63, 3.8) is 0 Å². The summed E-state index contributed by atoms with van der Waals surface area (Å²) in [6.07, 6.45) is 3.15.